The van der Waals surface area contributed by atoms with Crippen molar-refractivity contribution in [2.24, 2.45) is 0 Å². The maximum Gasteiger partial charge on any atom is 0.401 e. The third-order valence-corrected chi connectivity index (χ3v) is 3.36. The summed E-state index contributed by atoms with van der Waals surface area (Å²) in [6, 6.07) is 8.26. The minimum atomic E-state index is -4.30. The van der Waals surface area contributed by atoms with Crippen LogP contribution in [0.3, 0.4) is 0 Å². The molecule has 2 rings (SSSR count). The van der Waals surface area contributed by atoms with Crippen molar-refractivity contribution in [1.82, 2.24) is 4.90 Å². The fourth-order valence-corrected chi connectivity index (χ4v) is 2.26. The summed E-state index contributed by atoms with van der Waals surface area (Å²) in [5, 5.41) is 9.27. The Bertz CT molecular complexity index is 457. The molecule has 110 valence electrons. The van der Waals surface area contributed by atoms with Crippen LogP contribution in [-0.4, -0.2) is 41.3 Å². The monoisotopic (exact) mass is 287 g/mol. The van der Waals surface area contributed by atoms with E-state index in [4.69, 9.17) is 0 Å². The third kappa shape index (κ3) is 4.23. The Morgan fingerprint density at radius 1 is 1.30 bits per heavy atom. The van der Waals surface area contributed by atoms with E-state index in [0.717, 1.165) is 0 Å². The highest BCUT2D eigenvalue weighted by atomic mass is 19.4. The number of aliphatic carboxylic acids is 1. The predicted octanol–water partition coefficient (Wildman–Crippen LogP) is 2.88. The highest BCUT2D eigenvalue weighted by Crippen LogP contribution is 2.32. The molecule has 1 fully saturated rings. The van der Waals surface area contributed by atoms with Crippen LogP contribution >= 0.6 is 0 Å². The highest BCUT2D eigenvalue weighted by molar-refractivity contribution is 5.76. The molecule has 1 aromatic rings. The van der Waals surface area contributed by atoms with Crippen molar-refractivity contribution >= 4 is 5.97 Å². The van der Waals surface area contributed by atoms with Gasteiger partial charge in [0.2, 0.25) is 0 Å². The average molecular weight is 287 g/mol. The maximum absolute atomic E-state index is 12.6. The lowest BCUT2D eigenvalue weighted by atomic mass is 9.98. The lowest BCUT2D eigenvalue weighted by Crippen LogP contribution is -2.40. The summed E-state index contributed by atoms with van der Waals surface area (Å²) in [7, 11) is 0. The molecule has 1 atom stereocenters. The van der Waals surface area contributed by atoms with Crippen molar-refractivity contribution in [2.75, 3.05) is 13.1 Å². The van der Waals surface area contributed by atoms with Crippen LogP contribution < -0.4 is 0 Å². The smallest absolute Gasteiger partial charge is 0.401 e. The number of halogens is 3. The van der Waals surface area contributed by atoms with Gasteiger partial charge in [0.1, 0.15) is 0 Å². The first-order valence-corrected chi connectivity index (χ1v) is 6.45. The molecule has 1 unspecified atom stereocenters. The molecule has 0 aromatic heterocycles. The van der Waals surface area contributed by atoms with E-state index in [1.165, 1.54) is 4.90 Å². The van der Waals surface area contributed by atoms with Crippen LogP contribution in [0.1, 0.15) is 24.3 Å². The normalized spacial score (nSPS) is 17.2. The van der Waals surface area contributed by atoms with E-state index in [9.17, 15) is 23.1 Å². The highest BCUT2D eigenvalue weighted by Gasteiger charge is 2.39. The molecule has 0 amide bonds. The van der Waals surface area contributed by atoms with Gasteiger partial charge in [0.15, 0.2) is 0 Å². The molecule has 1 saturated carbocycles. The zero-order valence-electron chi connectivity index (χ0n) is 10.8. The first-order valence-electron chi connectivity index (χ1n) is 6.45. The molecule has 0 radical (unpaired) electrons. The van der Waals surface area contributed by atoms with Gasteiger partial charge < -0.3 is 5.11 Å². The quantitative estimate of drug-likeness (QED) is 0.874. The molecular formula is C14H16F3NO2. The van der Waals surface area contributed by atoms with Crippen LogP contribution in [0.25, 0.3) is 0 Å². The summed E-state index contributed by atoms with van der Waals surface area (Å²) in [6.45, 7) is -1.15. The summed E-state index contributed by atoms with van der Waals surface area (Å²) in [5.74, 6) is -2.02. The van der Waals surface area contributed by atoms with Gasteiger partial charge in [0.25, 0.3) is 0 Å². The van der Waals surface area contributed by atoms with Gasteiger partial charge in [-0.15, -0.1) is 0 Å². The minimum absolute atomic E-state index is 0.108. The van der Waals surface area contributed by atoms with Crippen molar-refractivity contribution in [3.63, 3.8) is 0 Å². The Kier molecular flexibility index (Phi) is 4.32. The maximum atomic E-state index is 12.6. The molecular weight excluding hydrogens is 271 g/mol. The molecule has 1 aliphatic carbocycles. The summed E-state index contributed by atoms with van der Waals surface area (Å²) in [5.41, 5.74) is 0.535. The molecule has 0 saturated heterocycles. The molecule has 0 spiro atoms. The number of carbonyl (C=O) groups is 1. The summed E-state index contributed by atoms with van der Waals surface area (Å²) < 4.78 is 37.7. The van der Waals surface area contributed by atoms with Gasteiger partial charge in [-0.2, -0.15) is 13.2 Å². The molecule has 0 heterocycles. The zero-order chi connectivity index (χ0) is 14.8. The van der Waals surface area contributed by atoms with Crippen molar-refractivity contribution in [3.05, 3.63) is 35.9 Å². The second-order valence-corrected chi connectivity index (χ2v) is 5.08. The number of hydrogen-bond donors (Lipinski definition) is 1. The lowest BCUT2D eigenvalue weighted by Gasteiger charge is -2.26. The van der Waals surface area contributed by atoms with Gasteiger partial charge in [0.05, 0.1) is 12.5 Å². The molecule has 0 aliphatic heterocycles. The lowest BCUT2D eigenvalue weighted by molar-refractivity contribution is -0.152. The number of benzene rings is 1. The van der Waals surface area contributed by atoms with Crippen LogP contribution in [0.2, 0.25) is 0 Å². The first kappa shape index (κ1) is 14.8. The standard InChI is InChI=1S/C14H16F3NO2/c15-14(16,17)9-18(11-6-7-11)8-12(13(19)20)10-4-2-1-3-5-10/h1-5,11-12H,6-9H2,(H,19,20). The van der Waals surface area contributed by atoms with Crippen LogP contribution in [0.5, 0.6) is 0 Å². The SMILES string of the molecule is O=C(O)C(CN(CC(F)(F)F)C1CC1)c1ccccc1. The van der Waals surface area contributed by atoms with E-state index < -0.39 is 24.6 Å². The number of alkyl halides is 3. The van der Waals surface area contributed by atoms with Gasteiger partial charge in [-0.05, 0) is 18.4 Å². The first-order chi connectivity index (χ1) is 9.37. The van der Waals surface area contributed by atoms with Crippen molar-refractivity contribution in [1.29, 1.82) is 0 Å². The van der Waals surface area contributed by atoms with Gasteiger partial charge in [0, 0.05) is 12.6 Å². The van der Waals surface area contributed by atoms with E-state index >= 15 is 0 Å². The molecule has 3 nitrogen and oxygen atoms in total. The Morgan fingerprint density at radius 3 is 2.35 bits per heavy atom. The third-order valence-electron chi connectivity index (χ3n) is 3.36. The van der Waals surface area contributed by atoms with Crippen LogP contribution in [0, 0.1) is 0 Å². The Labute approximate surface area is 115 Å². The van der Waals surface area contributed by atoms with E-state index in [-0.39, 0.29) is 12.6 Å². The Balaban J connectivity index is 2.11. The topological polar surface area (TPSA) is 40.5 Å². The average Bonchev–Trinajstić information content (AvgIpc) is 3.17. The Morgan fingerprint density at radius 2 is 1.90 bits per heavy atom. The summed E-state index contributed by atoms with van der Waals surface area (Å²) in [6.07, 6.45) is -2.89. The molecule has 0 bridgehead atoms. The van der Waals surface area contributed by atoms with E-state index in [1.807, 2.05) is 0 Å². The molecule has 1 N–H and O–H groups in total. The van der Waals surface area contributed by atoms with E-state index in [1.54, 1.807) is 30.3 Å². The van der Waals surface area contributed by atoms with E-state index in [0.29, 0.717) is 18.4 Å². The molecule has 1 aliphatic rings. The minimum Gasteiger partial charge on any atom is -0.481 e. The van der Waals surface area contributed by atoms with Gasteiger partial charge >= 0.3 is 12.1 Å². The van der Waals surface area contributed by atoms with Gasteiger partial charge in [-0.1, -0.05) is 30.3 Å². The van der Waals surface area contributed by atoms with Crippen molar-refractivity contribution in [2.45, 2.75) is 31.0 Å². The largest absolute Gasteiger partial charge is 0.481 e. The fourth-order valence-electron chi connectivity index (χ4n) is 2.26. The Hall–Kier alpha value is -1.56. The van der Waals surface area contributed by atoms with Gasteiger partial charge in [-0.3, -0.25) is 9.69 Å². The molecule has 6 heteroatoms. The molecule has 20 heavy (non-hydrogen) atoms. The van der Waals surface area contributed by atoms with Crippen molar-refractivity contribution < 1.29 is 23.1 Å². The van der Waals surface area contributed by atoms with Gasteiger partial charge in [-0.25, -0.2) is 0 Å². The van der Waals surface area contributed by atoms with E-state index in [2.05, 4.69) is 0 Å². The second-order valence-electron chi connectivity index (χ2n) is 5.08. The van der Waals surface area contributed by atoms with Crippen molar-refractivity contribution in [3.8, 4) is 0 Å². The number of nitrogens with zero attached hydrogens (tertiary/aromatic N) is 1. The predicted molar refractivity (Wildman–Crippen MR) is 67.5 cm³/mol. The zero-order valence-corrected chi connectivity index (χ0v) is 10.8. The number of carboxylic acid groups (broad SMARTS) is 1. The van der Waals surface area contributed by atoms with Crippen LogP contribution in [0.15, 0.2) is 30.3 Å². The van der Waals surface area contributed by atoms with Crippen LogP contribution in [0.4, 0.5) is 13.2 Å². The number of hydrogen-bond acceptors (Lipinski definition) is 2. The summed E-state index contributed by atoms with van der Waals surface area (Å²) >= 11 is 0. The van der Waals surface area contributed by atoms with Crippen LogP contribution in [-0.2, 0) is 4.79 Å². The molecule has 1 aromatic carbocycles. The second kappa shape index (κ2) is 5.83. The summed E-state index contributed by atoms with van der Waals surface area (Å²) in [4.78, 5) is 12.6. The number of rotatable bonds is 6. The number of carboxylic acids is 1. The fraction of sp³-hybridized carbons (Fsp3) is 0.500.